The van der Waals surface area contributed by atoms with E-state index in [0.29, 0.717) is 6.61 Å². The number of aliphatic hydroxyl groups is 2. The second kappa shape index (κ2) is 7.64. The first kappa shape index (κ1) is 19.6. The van der Waals surface area contributed by atoms with Crippen LogP contribution in [0.1, 0.15) is 26.3 Å². The van der Waals surface area contributed by atoms with E-state index in [0.717, 1.165) is 5.56 Å². The lowest BCUT2D eigenvalue weighted by Crippen LogP contribution is -2.49. The summed E-state index contributed by atoms with van der Waals surface area (Å²) in [5.41, 5.74) is 1.06. The van der Waals surface area contributed by atoms with E-state index in [1.807, 2.05) is 30.3 Å². The molecular weight excluding hydrogens is 324 g/mol. The van der Waals surface area contributed by atoms with Crippen LogP contribution in [0.5, 0.6) is 0 Å². The zero-order valence-electron chi connectivity index (χ0n) is 15.2. The average molecular weight is 355 g/mol. The third-order valence-corrected chi connectivity index (χ3v) is 9.42. The molecule has 0 unspecified atom stereocenters. The van der Waals surface area contributed by atoms with Gasteiger partial charge in [-0.2, -0.15) is 0 Å². The Kier molecular flexibility index (Phi) is 6.22. The molecule has 5 nitrogen and oxygen atoms in total. The summed E-state index contributed by atoms with van der Waals surface area (Å²) in [4.78, 5) is 0. The van der Waals surface area contributed by atoms with Crippen molar-refractivity contribution in [3.63, 3.8) is 0 Å². The van der Waals surface area contributed by atoms with Gasteiger partial charge in [-0.3, -0.25) is 0 Å². The number of hydrogen-bond acceptors (Lipinski definition) is 5. The van der Waals surface area contributed by atoms with Crippen molar-refractivity contribution in [1.29, 1.82) is 0 Å². The fourth-order valence-corrected chi connectivity index (χ4v) is 3.66. The summed E-state index contributed by atoms with van der Waals surface area (Å²) in [6.07, 6.45) is -3.33. The van der Waals surface area contributed by atoms with Gasteiger partial charge in [0.25, 0.3) is 0 Å². The maximum Gasteiger partial charge on any atom is 0.192 e. The Hall–Kier alpha value is -0.763. The molecule has 1 fully saturated rings. The Morgan fingerprint density at radius 2 is 1.75 bits per heavy atom. The summed E-state index contributed by atoms with van der Waals surface area (Å²) in [6, 6.07) is 9.81. The van der Waals surface area contributed by atoms with Crippen molar-refractivity contribution in [2.24, 2.45) is 0 Å². The van der Waals surface area contributed by atoms with Gasteiger partial charge in [0.1, 0.15) is 18.3 Å². The fourth-order valence-electron chi connectivity index (χ4n) is 2.37. The number of benzene rings is 1. The van der Waals surface area contributed by atoms with Gasteiger partial charge in [0.2, 0.25) is 0 Å². The lowest BCUT2D eigenvalue weighted by atomic mass is 10.1. The molecule has 2 N–H and O–H groups in total. The molecule has 6 heteroatoms. The Labute approximate surface area is 145 Å². The molecule has 0 amide bonds. The second-order valence-corrected chi connectivity index (χ2v) is 12.7. The van der Waals surface area contributed by atoms with Gasteiger partial charge in [-0.25, -0.2) is 0 Å². The van der Waals surface area contributed by atoms with Crippen molar-refractivity contribution in [2.45, 2.75) is 70.1 Å². The summed E-state index contributed by atoms with van der Waals surface area (Å²) >= 11 is 0. The van der Waals surface area contributed by atoms with E-state index in [4.69, 9.17) is 13.9 Å². The molecule has 0 radical (unpaired) electrons. The minimum Gasteiger partial charge on any atom is -0.406 e. The highest BCUT2D eigenvalue weighted by Gasteiger charge is 2.49. The lowest BCUT2D eigenvalue weighted by Gasteiger charge is -2.39. The van der Waals surface area contributed by atoms with Crippen LogP contribution in [0.25, 0.3) is 0 Å². The topological polar surface area (TPSA) is 68.2 Å². The standard InChI is InChI=1S/C18H30O5Si/c1-18(2,3)24(4,5)23-16-15(19)14(22-17(16)20)12-21-11-13-9-7-6-8-10-13/h6-10,14-17,19-20H,11-12H2,1-5H3/t14-,15-,16-,17+/m1/s1. The molecule has 1 heterocycles. The Bertz CT molecular complexity index is 514. The van der Waals surface area contributed by atoms with Crippen molar-refractivity contribution < 1.29 is 24.1 Å². The van der Waals surface area contributed by atoms with E-state index in [-0.39, 0.29) is 11.6 Å². The van der Waals surface area contributed by atoms with E-state index in [1.54, 1.807) is 0 Å². The quantitative estimate of drug-likeness (QED) is 0.769. The summed E-state index contributed by atoms with van der Waals surface area (Å²) in [6.45, 7) is 11.2. The number of ether oxygens (including phenoxy) is 2. The normalized spacial score (nSPS) is 28.3. The minimum atomic E-state index is -2.11. The third kappa shape index (κ3) is 4.65. The van der Waals surface area contributed by atoms with Gasteiger partial charge < -0.3 is 24.1 Å². The maximum absolute atomic E-state index is 10.5. The highest BCUT2D eigenvalue weighted by molar-refractivity contribution is 6.74. The van der Waals surface area contributed by atoms with Gasteiger partial charge in [-0.1, -0.05) is 51.1 Å². The molecule has 0 aliphatic carbocycles. The molecule has 136 valence electrons. The van der Waals surface area contributed by atoms with Crippen LogP contribution in [0, 0.1) is 0 Å². The summed E-state index contributed by atoms with van der Waals surface area (Å²) in [5, 5.41) is 20.6. The predicted octanol–water partition coefficient (Wildman–Crippen LogP) is 2.67. The molecule has 1 saturated heterocycles. The van der Waals surface area contributed by atoms with Gasteiger partial charge >= 0.3 is 0 Å². The molecular formula is C18H30O5Si. The van der Waals surface area contributed by atoms with Crippen molar-refractivity contribution >= 4 is 8.32 Å². The van der Waals surface area contributed by atoms with Gasteiger partial charge in [-0.05, 0) is 23.7 Å². The van der Waals surface area contributed by atoms with Crippen molar-refractivity contribution in [3.8, 4) is 0 Å². The van der Waals surface area contributed by atoms with Crippen molar-refractivity contribution in [1.82, 2.24) is 0 Å². The number of rotatable bonds is 6. The molecule has 0 spiro atoms. The largest absolute Gasteiger partial charge is 0.406 e. The molecule has 1 aromatic carbocycles. The van der Waals surface area contributed by atoms with Gasteiger partial charge in [0.05, 0.1) is 13.2 Å². The summed E-state index contributed by atoms with van der Waals surface area (Å²) in [7, 11) is -2.11. The molecule has 1 aliphatic heterocycles. The van der Waals surface area contributed by atoms with E-state index in [9.17, 15) is 10.2 Å². The van der Waals surface area contributed by atoms with Crippen LogP contribution < -0.4 is 0 Å². The predicted molar refractivity (Wildman–Crippen MR) is 95.1 cm³/mol. The number of aliphatic hydroxyl groups excluding tert-OH is 2. The zero-order valence-corrected chi connectivity index (χ0v) is 16.2. The first-order valence-electron chi connectivity index (χ1n) is 8.43. The molecule has 1 aromatic rings. The summed E-state index contributed by atoms with van der Waals surface area (Å²) in [5.74, 6) is 0. The Morgan fingerprint density at radius 1 is 1.12 bits per heavy atom. The molecule has 4 atom stereocenters. The van der Waals surface area contributed by atoms with Crippen molar-refractivity contribution in [2.75, 3.05) is 6.61 Å². The minimum absolute atomic E-state index is 0.00562. The highest BCUT2D eigenvalue weighted by Crippen LogP contribution is 2.39. The van der Waals surface area contributed by atoms with Gasteiger partial charge in [0.15, 0.2) is 14.6 Å². The van der Waals surface area contributed by atoms with E-state index >= 15 is 0 Å². The molecule has 1 aliphatic rings. The Morgan fingerprint density at radius 3 is 2.33 bits per heavy atom. The molecule has 0 bridgehead atoms. The third-order valence-electron chi connectivity index (χ3n) is 4.94. The van der Waals surface area contributed by atoms with Gasteiger partial charge in [-0.15, -0.1) is 0 Å². The Balaban J connectivity index is 1.89. The highest BCUT2D eigenvalue weighted by atomic mass is 28.4. The van der Waals surface area contributed by atoms with E-state index in [2.05, 4.69) is 33.9 Å². The van der Waals surface area contributed by atoms with Crippen LogP contribution in [0.3, 0.4) is 0 Å². The molecule has 24 heavy (non-hydrogen) atoms. The molecule has 0 aromatic heterocycles. The first-order chi connectivity index (χ1) is 11.1. The molecule has 0 saturated carbocycles. The molecule has 2 rings (SSSR count). The van der Waals surface area contributed by atoms with Crippen LogP contribution in [-0.4, -0.2) is 49.7 Å². The number of hydrogen-bond donors (Lipinski definition) is 2. The fraction of sp³-hybridized carbons (Fsp3) is 0.667. The van der Waals surface area contributed by atoms with Crippen molar-refractivity contribution in [3.05, 3.63) is 35.9 Å². The first-order valence-corrected chi connectivity index (χ1v) is 11.3. The SMILES string of the molecule is CC(C)(C)[Si](C)(C)O[C@@H]1[C@H](O)[C@@H](COCc2ccccc2)O[C@@H]1O. The van der Waals surface area contributed by atoms with Crippen LogP contribution >= 0.6 is 0 Å². The maximum atomic E-state index is 10.5. The average Bonchev–Trinajstić information content (AvgIpc) is 2.75. The van der Waals surface area contributed by atoms with Crippen LogP contribution in [-0.2, 0) is 20.5 Å². The second-order valence-electron chi connectivity index (χ2n) is 7.90. The smallest absolute Gasteiger partial charge is 0.192 e. The van der Waals surface area contributed by atoms with Crippen LogP contribution in [0.4, 0.5) is 0 Å². The van der Waals surface area contributed by atoms with E-state index in [1.165, 1.54) is 0 Å². The van der Waals surface area contributed by atoms with Gasteiger partial charge in [0, 0.05) is 0 Å². The van der Waals surface area contributed by atoms with E-state index < -0.39 is 32.9 Å². The zero-order chi connectivity index (χ0) is 18.0. The lowest BCUT2D eigenvalue weighted by molar-refractivity contribution is -0.135. The monoisotopic (exact) mass is 354 g/mol. The van der Waals surface area contributed by atoms with Crippen LogP contribution in [0.15, 0.2) is 30.3 Å². The summed E-state index contributed by atoms with van der Waals surface area (Å²) < 4.78 is 17.2. The van der Waals surface area contributed by atoms with Crippen LogP contribution in [0.2, 0.25) is 18.1 Å².